The van der Waals surface area contributed by atoms with Gasteiger partial charge in [0, 0.05) is 17.5 Å². The summed E-state index contributed by atoms with van der Waals surface area (Å²) >= 11 is 0. The molecule has 1 aromatic rings. The van der Waals surface area contributed by atoms with E-state index in [0.717, 1.165) is 11.3 Å². The third-order valence-electron chi connectivity index (χ3n) is 3.48. The van der Waals surface area contributed by atoms with E-state index in [0.29, 0.717) is 19.4 Å². The van der Waals surface area contributed by atoms with E-state index in [4.69, 9.17) is 10.5 Å². The van der Waals surface area contributed by atoms with Gasteiger partial charge in [-0.3, -0.25) is 0 Å². The van der Waals surface area contributed by atoms with Crippen LogP contribution in [0.2, 0.25) is 0 Å². The monoisotopic (exact) mass is 223 g/mol. The minimum Gasteiger partial charge on any atom is -0.496 e. The molecule has 0 aromatic heterocycles. The van der Waals surface area contributed by atoms with Gasteiger partial charge in [0.15, 0.2) is 0 Å². The van der Waals surface area contributed by atoms with Crippen molar-refractivity contribution in [2.45, 2.75) is 30.8 Å². The lowest BCUT2D eigenvalue weighted by Gasteiger charge is -2.50. The van der Waals surface area contributed by atoms with E-state index in [-0.39, 0.29) is 5.41 Å². The second kappa shape index (κ2) is 3.74. The number of benzene rings is 1. The minimum absolute atomic E-state index is 0.240. The van der Waals surface area contributed by atoms with Crippen molar-refractivity contribution < 1.29 is 9.13 Å². The second-order valence-corrected chi connectivity index (χ2v) is 4.95. The average Bonchev–Trinajstić information content (AvgIpc) is 2.25. The molecular weight excluding hydrogens is 205 g/mol. The molecule has 2 rings (SSSR count). The number of ether oxygens (including phenoxy) is 1. The molecule has 0 spiro atoms. The molecule has 1 fully saturated rings. The van der Waals surface area contributed by atoms with Gasteiger partial charge in [0.2, 0.25) is 0 Å². The van der Waals surface area contributed by atoms with Gasteiger partial charge in [-0.15, -0.1) is 0 Å². The molecule has 3 heteroatoms. The first-order valence-electron chi connectivity index (χ1n) is 5.55. The Kier molecular flexibility index (Phi) is 2.66. The van der Waals surface area contributed by atoms with Crippen molar-refractivity contribution in [3.8, 4) is 5.75 Å². The van der Waals surface area contributed by atoms with Crippen LogP contribution < -0.4 is 10.5 Å². The van der Waals surface area contributed by atoms with E-state index in [9.17, 15) is 4.39 Å². The number of methoxy groups -OCH3 is 1. The molecule has 0 aliphatic heterocycles. The smallest absolute Gasteiger partial charge is 0.122 e. The van der Waals surface area contributed by atoms with Crippen molar-refractivity contribution in [2.24, 2.45) is 5.73 Å². The van der Waals surface area contributed by atoms with Gasteiger partial charge in [0.05, 0.1) is 7.11 Å². The van der Waals surface area contributed by atoms with Crippen LogP contribution in [0.4, 0.5) is 4.39 Å². The van der Waals surface area contributed by atoms with Gasteiger partial charge in [-0.05, 0) is 25.8 Å². The van der Waals surface area contributed by atoms with Gasteiger partial charge in [-0.1, -0.05) is 18.2 Å². The first kappa shape index (κ1) is 11.4. The Morgan fingerprint density at radius 2 is 2.00 bits per heavy atom. The lowest BCUT2D eigenvalue weighted by Crippen LogP contribution is -2.54. The summed E-state index contributed by atoms with van der Waals surface area (Å²) in [6.45, 7) is 2.10. The summed E-state index contributed by atoms with van der Waals surface area (Å²) in [6, 6.07) is 7.75. The number of hydrogen-bond donors (Lipinski definition) is 1. The summed E-state index contributed by atoms with van der Waals surface area (Å²) in [7, 11) is 1.64. The predicted octanol–water partition coefficient (Wildman–Crippen LogP) is 2.41. The van der Waals surface area contributed by atoms with Crippen molar-refractivity contribution >= 4 is 0 Å². The summed E-state index contributed by atoms with van der Waals surface area (Å²) in [4.78, 5) is 0. The van der Waals surface area contributed by atoms with Crippen LogP contribution in [0, 0.1) is 0 Å². The number of halogens is 1. The fourth-order valence-electron chi connectivity index (χ4n) is 2.89. The van der Waals surface area contributed by atoms with Crippen molar-refractivity contribution in [3.05, 3.63) is 29.8 Å². The summed E-state index contributed by atoms with van der Waals surface area (Å²) < 4.78 is 19.0. The molecule has 0 saturated heterocycles. The van der Waals surface area contributed by atoms with Crippen LogP contribution in [0.1, 0.15) is 25.3 Å². The summed E-state index contributed by atoms with van der Waals surface area (Å²) in [5.74, 6) is 0.809. The van der Waals surface area contributed by atoms with E-state index in [2.05, 4.69) is 0 Å². The van der Waals surface area contributed by atoms with Crippen molar-refractivity contribution in [2.75, 3.05) is 13.7 Å². The molecule has 1 aliphatic carbocycles. The molecule has 0 unspecified atom stereocenters. The highest BCUT2D eigenvalue weighted by molar-refractivity contribution is 5.43. The Labute approximate surface area is 95.6 Å². The summed E-state index contributed by atoms with van der Waals surface area (Å²) in [5, 5.41) is 0. The van der Waals surface area contributed by atoms with Crippen molar-refractivity contribution in [1.29, 1.82) is 0 Å². The van der Waals surface area contributed by atoms with Gasteiger partial charge in [-0.2, -0.15) is 0 Å². The lowest BCUT2D eigenvalue weighted by molar-refractivity contribution is 0.00167. The zero-order valence-corrected chi connectivity index (χ0v) is 9.79. The fraction of sp³-hybridized carbons (Fsp3) is 0.538. The normalized spacial score (nSPS) is 33.2. The van der Waals surface area contributed by atoms with Gasteiger partial charge in [-0.25, -0.2) is 4.39 Å². The molecule has 0 amide bonds. The van der Waals surface area contributed by atoms with Crippen LogP contribution in [-0.2, 0) is 5.41 Å². The molecule has 0 bridgehead atoms. The third-order valence-corrected chi connectivity index (χ3v) is 3.48. The quantitative estimate of drug-likeness (QED) is 0.854. The second-order valence-electron chi connectivity index (χ2n) is 4.95. The van der Waals surface area contributed by atoms with Crippen LogP contribution in [0.15, 0.2) is 24.3 Å². The molecule has 0 heterocycles. The number of alkyl halides is 1. The molecule has 0 radical (unpaired) electrons. The molecule has 16 heavy (non-hydrogen) atoms. The minimum atomic E-state index is -1.08. The first-order valence-corrected chi connectivity index (χ1v) is 5.55. The Morgan fingerprint density at radius 3 is 2.50 bits per heavy atom. The van der Waals surface area contributed by atoms with Gasteiger partial charge in [0.25, 0.3) is 0 Å². The van der Waals surface area contributed by atoms with Crippen LogP contribution >= 0.6 is 0 Å². The van der Waals surface area contributed by atoms with Crippen molar-refractivity contribution in [3.63, 3.8) is 0 Å². The number of para-hydroxylation sites is 1. The molecule has 0 atom stereocenters. The van der Waals surface area contributed by atoms with Crippen LogP contribution in [0.25, 0.3) is 0 Å². The fourth-order valence-corrected chi connectivity index (χ4v) is 2.89. The number of hydrogen-bond acceptors (Lipinski definition) is 2. The molecule has 2 nitrogen and oxygen atoms in total. The van der Waals surface area contributed by atoms with Crippen LogP contribution in [0.5, 0.6) is 5.75 Å². The zero-order valence-electron chi connectivity index (χ0n) is 9.79. The molecule has 1 aromatic carbocycles. The first-order chi connectivity index (χ1) is 7.53. The van der Waals surface area contributed by atoms with E-state index in [1.807, 2.05) is 24.3 Å². The highest BCUT2D eigenvalue weighted by Crippen LogP contribution is 2.53. The summed E-state index contributed by atoms with van der Waals surface area (Å²) in [6.07, 6.45) is 0.966. The molecule has 2 N–H and O–H groups in total. The lowest BCUT2D eigenvalue weighted by atomic mass is 9.57. The van der Waals surface area contributed by atoms with Gasteiger partial charge >= 0.3 is 0 Å². The van der Waals surface area contributed by atoms with Gasteiger partial charge < -0.3 is 10.5 Å². The number of rotatable bonds is 3. The van der Waals surface area contributed by atoms with E-state index in [1.54, 1.807) is 14.0 Å². The average molecular weight is 223 g/mol. The van der Waals surface area contributed by atoms with E-state index in [1.165, 1.54) is 0 Å². The van der Waals surface area contributed by atoms with Crippen LogP contribution in [-0.4, -0.2) is 19.3 Å². The maximum absolute atomic E-state index is 13.7. The maximum Gasteiger partial charge on any atom is 0.122 e. The van der Waals surface area contributed by atoms with Crippen LogP contribution in [0.3, 0.4) is 0 Å². The Morgan fingerprint density at radius 1 is 1.38 bits per heavy atom. The highest BCUT2D eigenvalue weighted by Gasteiger charge is 2.53. The highest BCUT2D eigenvalue weighted by atomic mass is 19.1. The Balaban J connectivity index is 2.35. The standard InChI is InChI=1S/C13H18FNO/c1-12(14)7-13(8-12,9-15)10-5-3-4-6-11(10)16-2/h3-6H,7-9,15H2,1-2H3. The number of nitrogens with two attached hydrogens (primary N) is 1. The largest absolute Gasteiger partial charge is 0.496 e. The van der Waals surface area contributed by atoms with Crippen molar-refractivity contribution in [1.82, 2.24) is 0 Å². The molecule has 1 aliphatic rings. The van der Waals surface area contributed by atoms with Gasteiger partial charge in [0.1, 0.15) is 11.4 Å². The topological polar surface area (TPSA) is 35.2 Å². The SMILES string of the molecule is COc1ccccc1C1(CN)CC(C)(F)C1. The third kappa shape index (κ3) is 1.69. The predicted molar refractivity (Wildman–Crippen MR) is 62.5 cm³/mol. The Hall–Kier alpha value is -1.09. The van der Waals surface area contributed by atoms with E-state index >= 15 is 0 Å². The van der Waals surface area contributed by atoms with E-state index < -0.39 is 5.67 Å². The molecular formula is C13H18FNO. The summed E-state index contributed by atoms with van der Waals surface area (Å²) in [5.41, 5.74) is 5.54. The zero-order chi connectivity index (χ0) is 11.8. The molecule has 88 valence electrons. The molecule has 1 saturated carbocycles. The maximum atomic E-state index is 13.7. The Bertz CT molecular complexity index is 381.